The van der Waals surface area contributed by atoms with Crippen LogP contribution in [0.25, 0.3) is 11.8 Å². The van der Waals surface area contributed by atoms with Gasteiger partial charge in [-0.2, -0.15) is 5.10 Å². The van der Waals surface area contributed by atoms with E-state index in [0.29, 0.717) is 5.92 Å². The highest BCUT2D eigenvalue weighted by molar-refractivity contribution is 5.85. The predicted octanol–water partition coefficient (Wildman–Crippen LogP) is 3.13. The summed E-state index contributed by atoms with van der Waals surface area (Å²) < 4.78 is 29.3. The average Bonchev–Trinajstić information content (AvgIpc) is 3.16. The number of benzene rings is 1. The van der Waals surface area contributed by atoms with E-state index in [4.69, 9.17) is 5.11 Å². The molecule has 1 aliphatic carbocycles. The lowest BCUT2D eigenvalue weighted by Gasteiger charge is -2.06. The maximum absolute atomic E-state index is 14.1. The number of halogens is 2. The maximum Gasteiger partial charge on any atom is 0.328 e. The van der Waals surface area contributed by atoms with Crippen LogP contribution in [0.15, 0.2) is 30.5 Å². The lowest BCUT2D eigenvalue weighted by atomic mass is 10.1. The van der Waals surface area contributed by atoms with Crippen molar-refractivity contribution in [1.29, 1.82) is 0 Å². The number of rotatable bonds is 4. The molecule has 2 aromatic rings. The van der Waals surface area contributed by atoms with Crippen LogP contribution in [0.5, 0.6) is 0 Å². The van der Waals surface area contributed by atoms with Crippen LogP contribution in [-0.4, -0.2) is 20.9 Å². The fraction of sp³-hybridized carbons (Fsp3) is 0.200. The zero-order valence-electron chi connectivity index (χ0n) is 11.0. The molecule has 1 aliphatic rings. The van der Waals surface area contributed by atoms with Crippen molar-refractivity contribution < 1.29 is 18.7 Å². The van der Waals surface area contributed by atoms with E-state index in [2.05, 4.69) is 5.10 Å². The SMILES string of the molecule is O=C(O)C=Cc1cc(F)c(-n2ccc(C3CC3)n2)c(F)c1. The van der Waals surface area contributed by atoms with Crippen molar-refractivity contribution in [3.8, 4) is 5.69 Å². The predicted molar refractivity (Wildman–Crippen MR) is 72.1 cm³/mol. The summed E-state index contributed by atoms with van der Waals surface area (Å²) in [5.41, 5.74) is 0.726. The molecule has 21 heavy (non-hydrogen) atoms. The molecule has 108 valence electrons. The molecule has 1 N–H and O–H groups in total. The zero-order chi connectivity index (χ0) is 15.0. The number of aliphatic carboxylic acids is 1. The van der Waals surface area contributed by atoms with Gasteiger partial charge in [-0.3, -0.25) is 0 Å². The second kappa shape index (κ2) is 5.12. The van der Waals surface area contributed by atoms with Gasteiger partial charge in [0.15, 0.2) is 11.6 Å². The summed E-state index contributed by atoms with van der Waals surface area (Å²) in [4.78, 5) is 10.4. The normalized spacial score (nSPS) is 14.8. The molecular formula is C15H12F2N2O2. The van der Waals surface area contributed by atoms with E-state index in [1.165, 1.54) is 10.9 Å². The molecule has 4 nitrogen and oxygen atoms in total. The van der Waals surface area contributed by atoms with Crippen LogP contribution in [0.2, 0.25) is 0 Å². The molecule has 1 aromatic heterocycles. The Hall–Kier alpha value is -2.50. The van der Waals surface area contributed by atoms with E-state index in [1.807, 2.05) is 0 Å². The van der Waals surface area contributed by atoms with Crippen LogP contribution in [0, 0.1) is 11.6 Å². The van der Waals surface area contributed by atoms with Gasteiger partial charge in [-0.15, -0.1) is 0 Å². The van der Waals surface area contributed by atoms with Crippen molar-refractivity contribution in [2.24, 2.45) is 0 Å². The Morgan fingerprint density at radius 3 is 2.57 bits per heavy atom. The number of carboxylic acid groups (broad SMARTS) is 1. The molecule has 3 rings (SSSR count). The van der Waals surface area contributed by atoms with Crippen LogP contribution in [0.4, 0.5) is 8.78 Å². The monoisotopic (exact) mass is 290 g/mol. The molecule has 0 spiro atoms. The highest BCUT2D eigenvalue weighted by Crippen LogP contribution is 2.39. The number of nitrogens with zero attached hydrogens (tertiary/aromatic N) is 2. The van der Waals surface area contributed by atoms with E-state index in [-0.39, 0.29) is 11.3 Å². The van der Waals surface area contributed by atoms with Gasteiger partial charge < -0.3 is 5.11 Å². The Bertz CT molecular complexity index is 710. The summed E-state index contributed by atoms with van der Waals surface area (Å²) in [6.07, 6.45) is 5.60. The molecule has 0 saturated heterocycles. The number of aromatic nitrogens is 2. The molecule has 0 aliphatic heterocycles. The van der Waals surface area contributed by atoms with Gasteiger partial charge in [0.1, 0.15) is 5.69 Å². The highest BCUT2D eigenvalue weighted by Gasteiger charge is 2.26. The quantitative estimate of drug-likeness (QED) is 0.880. The van der Waals surface area contributed by atoms with Gasteiger partial charge in [0.25, 0.3) is 0 Å². The van der Waals surface area contributed by atoms with E-state index in [0.717, 1.165) is 42.8 Å². The van der Waals surface area contributed by atoms with Crippen LogP contribution in [0.3, 0.4) is 0 Å². The first-order valence-electron chi connectivity index (χ1n) is 6.50. The second-order valence-electron chi connectivity index (χ2n) is 4.96. The number of hydrogen-bond acceptors (Lipinski definition) is 2. The minimum absolute atomic E-state index is 0.144. The molecule has 1 saturated carbocycles. The summed E-state index contributed by atoms with van der Waals surface area (Å²) in [6.45, 7) is 0. The van der Waals surface area contributed by atoms with Crippen molar-refractivity contribution in [3.05, 3.63) is 53.4 Å². The second-order valence-corrected chi connectivity index (χ2v) is 4.96. The minimum Gasteiger partial charge on any atom is -0.478 e. The van der Waals surface area contributed by atoms with Gasteiger partial charge in [0.05, 0.1) is 5.69 Å². The Labute approximate surface area is 119 Å². The first kappa shape index (κ1) is 13.5. The summed E-state index contributed by atoms with van der Waals surface area (Å²) in [6, 6.07) is 3.92. The molecular weight excluding hydrogens is 278 g/mol. The lowest BCUT2D eigenvalue weighted by molar-refractivity contribution is -0.131. The summed E-state index contributed by atoms with van der Waals surface area (Å²) in [7, 11) is 0. The lowest BCUT2D eigenvalue weighted by Crippen LogP contribution is -2.03. The molecule has 0 atom stereocenters. The van der Waals surface area contributed by atoms with E-state index in [9.17, 15) is 13.6 Å². The Morgan fingerprint density at radius 1 is 1.33 bits per heavy atom. The van der Waals surface area contributed by atoms with Crippen molar-refractivity contribution in [3.63, 3.8) is 0 Å². The summed E-state index contributed by atoms with van der Waals surface area (Å²) in [5.74, 6) is -2.35. The van der Waals surface area contributed by atoms with Gasteiger partial charge in [0, 0.05) is 18.2 Å². The fourth-order valence-electron chi connectivity index (χ4n) is 2.13. The van der Waals surface area contributed by atoms with Crippen LogP contribution < -0.4 is 0 Å². The first-order chi connectivity index (χ1) is 10.0. The third-order valence-electron chi connectivity index (χ3n) is 3.29. The average molecular weight is 290 g/mol. The van der Waals surface area contributed by atoms with Crippen molar-refractivity contribution in [2.45, 2.75) is 18.8 Å². The van der Waals surface area contributed by atoms with Gasteiger partial charge >= 0.3 is 5.97 Å². The highest BCUT2D eigenvalue weighted by atomic mass is 19.1. The molecule has 0 amide bonds. The number of hydrogen-bond donors (Lipinski definition) is 1. The molecule has 1 aromatic carbocycles. The van der Waals surface area contributed by atoms with Gasteiger partial charge in [-0.25, -0.2) is 18.3 Å². The molecule has 0 bridgehead atoms. The Balaban J connectivity index is 1.96. The van der Waals surface area contributed by atoms with Crippen LogP contribution in [-0.2, 0) is 4.79 Å². The first-order valence-corrected chi connectivity index (χ1v) is 6.50. The zero-order valence-corrected chi connectivity index (χ0v) is 11.0. The van der Waals surface area contributed by atoms with Crippen molar-refractivity contribution in [2.75, 3.05) is 0 Å². The van der Waals surface area contributed by atoms with Crippen molar-refractivity contribution >= 4 is 12.0 Å². The van der Waals surface area contributed by atoms with Gasteiger partial charge in [-0.05, 0) is 42.7 Å². The standard InChI is InChI=1S/C15H12F2N2O2/c16-11-7-9(1-4-14(20)21)8-12(17)15(11)19-6-5-13(18-19)10-2-3-10/h1,4-8,10H,2-3H2,(H,20,21). The minimum atomic E-state index is -1.18. The van der Waals surface area contributed by atoms with Crippen LogP contribution in [0.1, 0.15) is 30.0 Å². The third kappa shape index (κ3) is 2.84. The number of carbonyl (C=O) groups is 1. The molecule has 0 radical (unpaired) electrons. The maximum atomic E-state index is 14.1. The smallest absolute Gasteiger partial charge is 0.328 e. The Morgan fingerprint density at radius 2 is 2.00 bits per heavy atom. The van der Waals surface area contributed by atoms with Crippen LogP contribution >= 0.6 is 0 Å². The van der Waals surface area contributed by atoms with Crippen molar-refractivity contribution in [1.82, 2.24) is 9.78 Å². The van der Waals surface area contributed by atoms with E-state index in [1.54, 1.807) is 6.07 Å². The molecule has 1 fully saturated rings. The van der Waals surface area contributed by atoms with E-state index < -0.39 is 17.6 Å². The fourth-order valence-corrected chi connectivity index (χ4v) is 2.13. The third-order valence-corrected chi connectivity index (χ3v) is 3.29. The molecule has 6 heteroatoms. The van der Waals surface area contributed by atoms with Gasteiger partial charge in [-0.1, -0.05) is 0 Å². The molecule has 1 heterocycles. The number of carboxylic acids is 1. The van der Waals surface area contributed by atoms with Gasteiger partial charge in [0.2, 0.25) is 0 Å². The summed E-state index contributed by atoms with van der Waals surface area (Å²) in [5, 5.41) is 12.7. The summed E-state index contributed by atoms with van der Waals surface area (Å²) >= 11 is 0. The Kier molecular flexibility index (Phi) is 3.29. The topological polar surface area (TPSA) is 55.1 Å². The molecule has 0 unspecified atom stereocenters. The van der Waals surface area contributed by atoms with E-state index >= 15 is 0 Å². The largest absolute Gasteiger partial charge is 0.478 e.